The molecule has 0 amide bonds. The zero-order valence-electron chi connectivity index (χ0n) is 7.05. The molecule has 0 bridgehead atoms. The average molecular weight is 151 g/mol. The Morgan fingerprint density at radius 2 is 1.82 bits per heavy atom. The lowest BCUT2D eigenvalue weighted by atomic mass is 9.74. The van der Waals surface area contributed by atoms with Gasteiger partial charge in [-0.2, -0.15) is 0 Å². The van der Waals surface area contributed by atoms with Crippen molar-refractivity contribution in [2.45, 2.75) is 32.1 Å². The maximum Gasteiger partial charge on any atom is -0.00489 e. The molecule has 1 nitrogen and oxygen atoms in total. The van der Waals surface area contributed by atoms with Gasteiger partial charge in [0, 0.05) is 0 Å². The van der Waals surface area contributed by atoms with E-state index < -0.39 is 0 Å². The monoisotopic (exact) mass is 151 g/mol. The Bertz CT molecular complexity index is 169. The van der Waals surface area contributed by atoms with Crippen molar-refractivity contribution in [1.82, 2.24) is 0 Å². The standard InChI is InChI=1S/C10H17N/c11-6-7-1-3-10(4-2-7)8-5-9(8)10/h7-9H,1-6,11H2. The normalized spacial score (nSPS) is 59.2. The Labute approximate surface area is 68.3 Å². The van der Waals surface area contributed by atoms with Gasteiger partial charge in [-0.25, -0.2) is 0 Å². The Morgan fingerprint density at radius 3 is 2.18 bits per heavy atom. The first-order valence-electron chi connectivity index (χ1n) is 5.07. The smallest absolute Gasteiger partial charge is 0.00489 e. The third-order valence-electron chi connectivity index (χ3n) is 4.53. The highest BCUT2D eigenvalue weighted by molar-refractivity contribution is 5.23. The minimum Gasteiger partial charge on any atom is -0.330 e. The summed E-state index contributed by atoms with van der Waals surface area (Å²) >= 11 is 0. The molecule has 2 atom stereocenters. The minimum absolute atomic E-state index is 0.876. The van der Waals surface area contributed by atoms with Crippen molar-refractivity contribution in [3.8, 4) is 0 Å². The van der Waals surface area contributed by atoms with Gasteiger partial charge >= 0.3 is 0 Å². The van der Waals surface area contributed by atoms with E-state index in [0.717, 1.165) is 17.9 Å². The molecule has 0 saturated heterocycles. The molecule has 2 unspecified atom stereocenters. The van der Waals surface area contributed by atoms with E-state index in [1.54, 1.807) is 6.42 Å². The van der Waals surface area contributed by atoms with Crippen LogP contribution in [0.2, 0.25) is 0 Å². The summed E-state index contributed by atoms with van der Waals surface area (Å²) in [6, 6.07) is 0. The van der Waals surface area contributed by atoms with E-state index in [2.05, 4.69) is 0 Å². The van der Waals surface area contributed by atoms with Gasteiger partial charge in [-0.15, -0.1) is 0 Å². The van der Waals surface area contributed by atoms with E-state index >= 15 is 0 Å². The van der Waals surface area contributed by atoms with Crippen LogP contribution < -0.4 is 5.73 Å². The van der Waals surface area contributed by atoms with Crippen LogP contribution in [0.1, 0.15) is 32.1 Å². The van der Waals surface area contributed by atoms with Crippen LogP contribution in [0.5, 0.6) is 0 Å². The summed E-state index contributed by atoms with van der Waals surface area (Å²) in [6.45, 7) is 0.936. The fourth-order valence-corrected chi connectivity index (χ4v) is 3.37. The van der Waals surface area contributed by atoms with Gasteiger partial charge in [0.1, 0.15) is 0 Å². The molecule has 0 heterocycles. The van der Waals surface area contributed by atoms with Crippen molar-refractivity contribution < 1.29 is 0 Å². The Morgan fingerprint density at radius 1 is 1.18 bits per heavy atom. The Hall–Kier alpha value is -0.0400. The largest absolute Gasteiger partial charge is 0.330 e. The molecule has 0 radical (unpaired) electrons. The molecule has 3 saturated carbocycles. The van der Waals surface area contributed by atoms with Gasteiger partial charge in [0.15, 0.2) is 0 Å². The van der Waals surface area contributed by atoms with Crippen molar-refractivity contribution in [3.05, 3.63) is 0 Å². The molecular weight excluding hydrogens is 134 g/mol. The third kappa shape index (κ3) is 0.703. The zero-order valence-corrected chi connectivity index (χ0v) is 7.05. The quantitative estimate of drug-likeness (QED) is 0.607. The van der Waals surface area contributed by atoms with Crippen LogP contribution in [0, 0.1) is 23.2 Å². The highest BCUT2D eigenvalue weighted by atomic mass is 14.8. The molecule has 1 heteroatoms. The van der Waals surface area contributed by atoms with Gasteiger partial charge in [-0.3, -0.25) is 0 Å². The first-order chi connectivity index (χ1) is 5.37. The fourth-order valence-electron chi connectivity index (χ4n) is 3.37. The summed E-state index contributed by atoms with van der Waals surface area (Å²) in [5, 5.41) is 0. The van der Waals surface area contributed by atoms with Crippen molar-refractivity contribution in [1.29, 1.82) is 0 Å². The minimum atomic E-state index is 0.876. The second-order valence-electron chi connectivity index (χ2n) is 4.86. The van der Waals surface area contributed by atoms with Gasteiger partial charge in [-0.05, 0) is 61.8 Å². The topological polar surface area (TPSA) is 26.0 Å². The van der Waals surface area contributed by atoms with Crippen molar-refractivity contribution in [3.63, 3.8) is 0 Å². The van der Waals surface area contributed by atoms with Crippen LogP contribution in [-0.2, 0) is 0 Å². The molecule has 3 fully saturated rings. The average Bonchev–Trinajstić information content (AvgIpc) is 2.92. The second-order valence-corrected chi connectivity index (χ2v) is 4.86. The van der Waals surface area contributed by atoms with Crippen molar-refractivity contribution in [2.24, 2.45) is 28.9 Å². The van der Waals surface area contributed by atoms with E-state index in [1.165, 1.54) is 37.5 Å². The third-order valence-corrected chi connectivity index (χ3v) is 4.53. The predicted octanol–water partition coefficient (Wildman–Crippen LogP) is 1.77. The molecule has 3 aliphatic carbocycles. The summed E-state index contributed by atoms with van der Waals surface area (Å²) < 4.78 is 0. The molecule has 1 spiro atoms. The van der Waals surface area contributed by atoms with E-state index in [1.807, 2.05) is 0 Å². The molecular formula is C10H17N. The SMILES string of the molecule is NCC1CCC2(CC1)C1CC12. The lowest BCUT2D eigenvalue weighted by molar-refractivity contribution is 0.201. The first kappa shape index (κ1) is 6.47. The Balaban J connectivity index is 1.62. The summed E-state index contributed by atoms with van der Waals surface area (Å²) in [7, 11) is 0. The van der Waals surface area contributed by atoms with Gasteiger partial charge in [-0.1, -0.05) is 0 Å². The van der Waals surface area contributed by atoms with Crippen LogP contribution in [0.15, 0.2) is 0 Å². The van der Waals surface area contributed by atoms with E-state index in [-0.39, 0.29) is 0 Å². The summed E-state index contributed by atoms with van der Waals surface area (Å²) in [4.78, 5) is 0. The highest BCUT2D eigenvalue weighted by Crippen LogP contribution is 2.82. The van der Waals surface area contributed by atoms with Crippen LogP contribution in [0.3, 0.4) is 0 Å². The van der Waals surface area contributed by atoms with Gasteiger partial charge in [0.25, 0.3) is 0 Å². The maximum atomic E-state index is 5.66. The summed E-state index contributed by atoms with van der Waals surface area (Å²) in [5.41, 5.74) is 6.57. The molecule has 11 heavy (non-hydrogen) atoms. The molecule has 0 aromatic carbocycles. The zero-order chi connectivity index (χ0) is 7.47. The molecule has 0 aliphatic heterocycles. The highest BCUT2D eigenvalue weighted by Gasteiger charge is 2.75. The molecule has 3 aliphatic rings. The maximum absolute atomic E-state index is 5.66. The Kier molecular flexibility index (Phi) is 1.07. The molecule has 0 aromatic rings. The number of nitrogens with two attached hydrogens (primary N) is 1. The first-order valence-corrected chi connectivity index (χ1v) is 5.07. The van der Waals surface area contributed by atoms with E-state index in [9.17, 15) is 0 Å². The van der Waals surface area contributed by atoms with Gasteiger partial charge in [0.2, 0.25) is 0 Å². The lowest BCUT2D eigenvalue weighted by Gasteiger charge is -2.31. The van der Waals surface area contributed by atoms with Crippen LogP contribution >= 0.6 is 0 Å². The molecule has 3 rings (SSSR count). The van der Waals surface area contributed by atoms with Crippen LogP contribution in [0.4, 0.5) is 0 Å². The van der Waals surface area contributed by atoms with Crippen LogP contribution in [-0.4, -0.2) is 6.54 Å². The van der Waals surface area contributed by atoms with Gasteiger partial charge in [0.05, 0.1) is 0 Å². The van der Waals surface area contributed by atoms with Crippen molar-refractivity contribution >= 4 is 0 Å². The molecule has 62 valence electrons. The summed E-state index contributed by atoms with van der Waals surface area (Å²) in [6.07, 6.45) is 7.48. The lowest BCUT2D eigenvalue weighted by Crippen LogP contribution is -2.25. The predicted molar refractivity (Wildman–Crippen MR) is 45.0 cm³/mol. The second kappa shape index (κ2) is 1.82. The van der Waals surface area contributed by atoms with E-state index in [0.29, 0.717) is 0 Å². The molecule has 0 aromatic heterocycles. The summed E-state index contributed by atoms with van der Waals surface area (Å²) in [5.74, 6) is 3.27. The fraction of sp³-hybridized carbons (Fsp3) is 1.00. The van der Waals surface area contributed by atoms with Crippen molar-refractivity contribution in [2.75, 3.05) is 6.54 Å². The number of rotatable bonds is 1. The molecule has 2 N–H and O–H groups in total. The number of hydrogen-bond acceptors (Lipinski definition) is 1. The van der Waals surface area contributed by atoms with E-state index in [4.69, 9.17) is 5.73 Å². The number of fused-ring (bicyclic) bond motifs is 3. The van der Waals surface area contributed by atoms with Crippen LogP contribution in [0.25, 0.3) is 0 Å². The van der Waals surface area contributed by atoms with Gasteiger partial charge < -0.3 is 5.73 Å². The number of hydrogen-bond donors (Lipinski definition) is 1.